The largest absolute Gasteiger partial charge is 0.497 e. The molecular weight excluding hydrogens is 446 g/mol. The van der Waals surface area contributed by atoms with Crippen LogP contribution in [0.15, 0.2) is 65.1 Å². The van der Waals surface area contributed by atoms with Crippen molar-refractivity contribution in [1.29, 1.82) is 0 Å². The molecule has 0 atom stereocenters. The highest BCUT2D eigenvalue weighted by Gasteiger charge is 2.13. The van der Waals surface area contributed by atoms with Crippen LogP contribution in [0.2, 0.25) is 0 Å². The Morgan fingerprint density at radius 2 is 1.85 bits per heavy atom. The van der Waals surface area contributed by atoms with Crippen LogP contribution in [0, 0.1) is 0 Å². The Morgan fingerprint density at radius 1 is 1.00 bits per heavy atom. The second-order valence-corrected chi connectivity index (χ2v) is 7.43. The van der Waals surface area contributed by atoms with E-state index in [-0.39, 0.29) is 12.3 Å². The molecule has 0 radical (unpaired) electrons. The average molecular weight is 468 g/mol. The van der Waals surface area contributed by atoms with Crippen molar-refractivity contribution in [3.05, 3.63) is 76.0 Å². The van der Waals surface area contributed by atoms with Gasteiger partial charge in [-0.1, -0.05) is 12.1 Å². The molecule has 170 valence electrons. The lowest BCUT2D eigenvalue weighted by molar-refractivity contribution is -0.120. The number of esters is 1. The van der Waals surface area contributed by atoms with Gasteiger partial charge in [0, 0.05) is 5.56 Å². The summed E-state index contributed by atoms with van der Waals surface area (Å²) in [5, 5.41) is 8.16. The lowest BCUT2D eigenvalue weighted by Gasteiger charge is -2.09. The first-order chi connectivity index (χ1) is 16.0. The highest BCUT2D eigenvalue weighted by Crippen LogP contribution is 2.28. The molecule has 0 unspecified atom stereocenters. The summed E-state index contributed by atoms with van der Waals surface area (Å²) in [6.45, 7) is -0.256. The summed E-state index contributed by atoms with van der Waals surface area (Å²) in [6.07, 6.45) is 1.40. The van der Waals surface area contributed by atoms with E-state index in [1.165, 1.54) is 31.8 Å². The van der Waals surface area contributed by atoms with Gasteiger partial charge in [-0.15, -0.1) is 11.3 Å². The highest BCUT2D eigenvalue weighted by atomic mass is 32.1. The van der Waals surface area contributed by atoms with Crippen molar-refractivity contribution in [1.82, 2.24) is 10.7 Å². The number of amides is 2. The third kappa shape index (κ3) is 6.65. The van der Waals surface area contributed by atoms with Crippen molar-refractivity contribution in [3.63, 3.8) is 0 Å². The van der Waals surface area contributed by atoms with Gasteiger partial charge in [0.25, 0.3) is 11.8 Å². The molecule has 1 heterocycles. The number of hydrazone groups is 1. The molecule has 2 N–H and O–H groups in total. The second-order valence-electron chi connectivity index (χ2n) is 6.48. The number of hydrogen-bond acceptors (Lipinski definition) is 8. The van der Waals surface area contributed by atoms with Gasteiger partial charge in [-0.3, -0.25) is 9.59 Å². The van der Waals surface area contributed by atoms with E-state index in [1.54, 1.807) is 60.0 Å². The SMILES string of the molecule is COc1cccc(C(=O)NCC(=O)N/N=C/c2ccc(OC(=O)c3cccs3)c(OC)c2)c1. The zero-order valence-corrected chi connectivity index (χ0v) is 18.7. The molecule has 0 spiro atoms. The zero-order chi connectivity index (χ0) is 23.6. The molecule has 3 rings (SSSR count). The summed E-state index contributed by atoms with van der Waals surface area (Å²) in [5.41, 5.74) is 3.30. The van der Waals surface area contributed by atoms with E-state index in [2.05, 4.69) is 15.8 Å². The first kappa shape index (κ1) is 23.5. The van der Waals surface area contributed by atoms with E-state index >= 15 is 0 Å². The van der Waals surface area contributed by atoms with E-state index in [0.29, 0.717) is 27.5 Å². The summed E-state index contributed by atoms with van der Waals surface area (Å²) in [5.74, 6) is -0.258. The van der Waals surface area contributed by atoms with Crippen LogP contribution in [-0.2, 0) is 4.79 Å². The monoisotopic (exact) mass is 467 g/mol. The Bertz CT molecular complexity index is 1160. The quantitative estimate of drug-likeness (QED) is 0.216. The number of carbonyl (C=O) groups excluding carboxylic acids is 3. The predicted molar refractivity (Wildman–Crippen MR) is 123 cm³/mol. The van der Waals surface area contributed by atoms with Crippen molar-refractivity contribution in [2.45, 2.75) is 0 Å². The Hall–Kier alpha value is -4.18. The van der Waals surface area contributed by atoms with Gasteiger partial charge in [-0.05, 0) is 53.4 Å². The summed E-state index contributed by atoms with van der Waals surface area (Å²) >= 11 is 1.28. The summed E-state index contributed by atoms with van der Waals surface area (Å²) < 4.78 is 15.7. The van der Waals surface area contributed by atoms with E-state index in [4.69, 9.17) is 14.2 Å². The molecule has 1 aromatic heterocycles. The van der Waals surface area contributed by atoms with Crippen molar-refractivity contribution in [2.24, 2.45) is 5.10 Å². The smallest absolute Gasteiger partial charge is 0.353 e. The molecule has 33 heavy (non-hydrogen) atoms. The number of benzene rings is 2. The summed E-state index contributed by atoms with van der Waals surface area (Å²) in [6, 6.07) is 14.8. The maximum atomic E-state index is 12.1. The minimum atomic E-state index is -0.504. The van der Waals surface area contributed by atoms with E-state index < -0.39 is 17.8 Å². The molecular formula is C23H21N3O6S. The number of ether oxygens (including phenoxy) is 3. The van der Waals surface area contributed by atoms with Crippen LogP contribution in [0.4, 0.5) is 0 Å². The molecule has 0 saturated carbocycles. The normalized spacial score (nSPS) is 10.5. The molecule has 0 aliphatic heterocycles. The Morgan fingerprint density at radius 3 is 2.58 bits per heavy atom. The standard InChI is InChI=1S/C23H21N3O6S/c1-30-17-6-3-5-16(12-17)22(28)24-14-21(27)26-25-13-15-8-9-18(19(11-15)31-2)32-23(29)20-7-4-10-33-20/h3-13H,14H2,1-2H3,(H,24,28)(H,26,27)/b25-13+. The maximum Gasteiger partial charge on any atom is 0.353 e. The Labute approximate surface area is 194 Å². The van der Waals surface area contributed by atoms with Crippen molar-refractivity contribution in [3.8, 4) is 17.2 Å². The van der Waals surface area contributed by atoms with E-state index in [1.807, 2.05) is 0 Å². The van der Waals surface area contributed by atoms with Crippen molar-refractivity contribution >= 4 is 35.3 Å². The van der Waals surface area contributed by atoms with Crippen LogP contribution >= 0.6 is 11.3 Å². The second kappa shape index (κ2) is 11.4. The fourth-order valence-electron chi connectivity index (χ4n) is 2.64. The van der Waals surface area contributed by atoms with Gasteiger partial charge in [-0.2, -0.15) is 5.10 Å². The van der Waals surface area contributed by atoms with Gasteiger partial charge in [0.15, 0.2) is 11.5 Å². The van der Waals surface area contributed by atoms with Crippen LogP contribution < -0.4 is 25.0 Å². The van der Waals surface area contributed by atoms with Crippen molar-refractivity contribution < 1.29 is 28.6 Å². The van der Waals surface area contributed by atoms with Gasteiger partial charge in [0.1, 0.15) is 10.6 Å². The molecule has 2 aromatic carbocycles. The third-order valence-electron chi connectivity index (χ3n) is 4.26. The Kier molecular flexibility index (Phi) is 8.14. The van der Waals surface area contributed by atoms with Crippen LogP contribution in [0.3, 0.4) is 0 Å². The molecule has 0 saturated heterocycles. The number of rotatable bonds is 9. The average Bonchev–Trinajstić information content (AvgIpc) is 3.38. The van der Waals surface area contributed by atoms with Crippen molar-refractivity contribution in [2.75, 3.05) is 20.8 Å². The molecule has 0 aliphatic carbocycles. The summed E-state index contributed by atoms with van der Waals surface area (Å²) in [7, 11) is 2.95. The van der Waals surface area contributed by atoms with E-state index in [9.17, 15) is 14.4 Å². The lowest BCUT2D eigenvalue weighted by atomic mass is 10.2. The van der Waals surface area contributed by atoms with Crippen LogP contribution in [0.5, 0.6) is 17.2 Å². The first-order valence-corrected chi connectivity index (χ1v) is 10.6. The van der Waals surface area contributed by atoms with Gasteiger partial charge in [-0.25, -0.2) is 10.2 Å². The molecule has 0 bridgehead atoms. The summed E-state index contributed by atoms with van der Waals surface area (Å²) in [4.78, 5) is 36.7. The number of methoxy groups -OCH3 is 2. The fraction of sp³-hybridized carbons (Fsp3) is 0.130. The lowest BCUT2D eigenvalue weighted by Crippen LogP contribution is -2.34. The molecule has 2 amide bonds. The number of carbonyl (C=O) groups is 3. The number of thiophene rings is 1. The Balaban J connectivity index is 1.52. The third-order valence-corrected chi connectivity index (χ3v) is 5.11. The van der Waals surface area contributed by atoms with Gasteiger partial charge in [0.05, 0.1) is 27.0 Å². The molecule has 3 aromatic rings. The van der Waals surface area contributed by atoms with Gasteiger partial charge < -0.3 is 19.5 Å². The topological polar surface area (TPSA) is 115 Å². The maximum absolute atomic E-state index is 12.1. The number of hydrogen-bond donors (Lipinski definition) is 2. The number of nitrogens with zero attached hydrogens (tertiary/aromatic N) is 1. The molecule has 10 heteroatoms. The van der Waals surface area contributed by atoms with E-state index in [0.717, 1.165) is 0 Å². The first-order valence-electron chi connectivity index (χ1n) is 9.68. The van der Waals surface area contributed by atoms with Crippen LogP contribution in [-0.4, -0.2) is 44.8 Å². The van der Waals surface area contributed by atoms with Crippen LogP contribution in [0.25, 0.3) is 0 Å². The minimum absolute atomic E-state index is 0.256. The minimum Gasteiger partial charge on any atom is -0.497 e. The van der Waals surface area contributed by atoms with Crippen LogP contribution in [0.1, 0.15) is 25.6 Å². The zero-order valence-electron chi connectivity index (χ0n) is 17.9. The number of nitrogens with one attached hydrogen (secondary N) is 2. The molecule has 0 aliphatic rings. The predicted octanol–water partition coefficient (Wildman–Crippen LogP) is 2.86. The molecule has 0 fully saturated rings. The van der Waals surface area contributed by atoms with Gasteiger partial charge >= 0.3 is 5.97 Å². The highest BCUT2D eigenvalue weighted by molar-refractivity contribution is 7.12. The molecule has 9 nitrogen and oxygen atoms in total. The fourth-order valence-corrected chi connectivity index (χ4v) is 3.24. The van der Waals surface area contributed by atoms with Gasteiger partial charge in [0.2, 0.25) is 0 Å².